The van der Waals surface area contributed by atoms with Crippen LogP contribution in [0, 0.1) is 0 Å². The lowest BCUT2D eigenvalue weighted by Gasteiger charge is -2.37. The van der Waals surface area contributed by atoms with Crippen molar-refractivity contribution < 1.29 is 14.2 Å². The molecule has 3 aromatic carbocycles. The average molecular weight is 750 g/mol. The number of anilines is 2. The summed E-state index contributed by atoms with van der Waals surface area (Å²) in [5, 5.41) is 5.19. The SMILES string of the molecule is CCCn1c(=O)n(-c2ccc(N3CCN(c4ccc(OCC5COC(Cn6cncn6)(c6ccc(Cl)cc6Cl)O5)cc4)CC3)cc2)c(=O)n1CCC. The molecule has 0 saturated carbocycles. The van der Waals surface area contributed by atoms with Gasteiger partial charge in [0.05, 0.1) is 17.3 Å². The predicted molar refractivity (Wildman–Crippen MR) is 200 cm³/mol. The molecule has 7 rings (SSSR count). The minimum atomic E-state index is -1.17. The molecule has 2 fully saturated rings. The molecule has 2 aromatic heterocycles. The van der Waals surface area contributed by atoms with E-state index in [4.69, 9.17) is 37.4 Å². The van der Waals surface area contributed by atoms with Gasteiger partial charge in [0.1, 0.15) is 37.7 Å². The molecular formula is C37H42Cl2N8O5. The molecule has 5 aromatic rings. The number of piperazine rings is 1. The molecule has 2 atom stereocenters. The van der Waals surface area contributed by atoms with E-state index >= 15 is 0 Å². The Morgan fingerprint density at radius 1 is 0.827 bits per heavy atom. The van der Waals surface area contributed by atoms with Gasteiger partial charge < -0.3 is 24.0 Å². The van der Waals surface area contributed by atoms with Crippen molar-refractivity contribution in [3.63, 3.8) is 0 Å². The van der Waals surface area contributed by atoms with Crippen molar-refractivity contribution in [1.82, 2.24) is 28.7 Å². The standard InChI is InChI=1S/C37H42Cl2N8O5/c1-3-15-45-35(48)47(36(49)46(45)16-4-2)30-8-6-28(7-9-30)42-17-19-43(20-18-42)29-10-12-31(13-11-29)50-22-32-23-51-37(52-32,24-44-26-40-25-41-44)33-14-5-27(38)21-34(33)39/h5-14,21,25-26,32H,3-4,15-20,22-24H2,1-2H3. The second-order valence-corrected chi connectivity index (χ2v) is 13.8. The number of benzene rings is 3. The largest absolute Gasteiger partial charge is 0.491 e. The number of halogens is 2. The monoisotopic (exact) mass is 748 g/mol. The summed E-state index contributed by atoms with van der Waals surface area (Å²) in [5.74, 6) is -0.439. The summed E-state index contributed by atoms with van der Waals surface area (Å²) in [4.78, 5) is 35.0. The van der Waals surface area contributed by atoms with Gasteiger partial charge in [-0.2, -0.15) is 5.10 Å². The second-order valence-electron chi connectivity index (χ2n) is 13.0. The van der Waals surface area contributed by atoms with Gasteiger partial charge in [-0.1, -0.05) is 43.1 Å². The van der Waals surface area contributed by atoms with Crippen LogP contribution in [0.3, 0.4) is 0 Å². The summed E-state index contributed by atoms with van der Waals surface area (Å²) in [5.41, 5.74) is 2.84. The molecule has 15 heteroatoms. The lowest BCUT2D eigenvalue weighted by molar-refractivity contribution is -0.190. The maximum atomic E-state index is 13.1. The van der Waals surface area contributed by atoms with E-state index in [2.05, 4.69) is 32.0 Å². The quantitative estimate of drug-likeness (QED) is 0.161. The molecule has 13 nitrogen and oxygen atoms in total. The van der Waals surface area contributed by atoms with Gasteiger partial charge in [-0.05, 0) is 73.5 Å². The molecule has 0 bridgehead atoms. The van der Waals surface area contributed by atoms with E-state index in [1.54, 1.807) is 32.5 Å². The highest BCUT2D eigenvalue weighted by Gasteiger charge is 2.45. The Balaban J connectivity index is 0.938. The Hall–Kier alpha value is -4.56. The van der Waals surface area contributed by atoms with Crippen LogP contribution in [0.15, 0.2) is 89.0 Å². The summed E-state index contributed by atoms with van der Waals surface area (Å²) < 4.78 is 24.9. The number of rotatable bonds is 13. The van der Waals surface area contributed by atoms with Crippen molar-refractivity contribution in [3.05, 3.63) is 116 Å². The fraction of sp³-hybridized carbons (Fsp3) is 0.405. The van der Waals surface area contributed by atoms with E-state index in [1.165, 1.54) is 10.9 Å². The van der Waals surface area contributed by atoms with Crippen LogP contribution in [-0.2, 0) is 34.9 Å². The van der Waals surface area contributed by atoms with Gasteiger partial charge in [0.15, 0.2) is 0 Å². The molecule has 0 N–H and O–H groups in total. The number of ether oxygens (including phenoxy) is 3. The van der Waals surface area contributed by atoms with Crippen LogP contribution in [0.1, 0.15) is 32.3 Å². The molecule has 0 radical (unpaired) electrons. The fourth-order valence-electron chi connectivity index (χ4n) is 6.86. The molecule has 274 valence electrons. The molecule has 2 saturated heterocycles. The van der Waals surface area contributed by atoms with E-state index in [1.807, 2.05) is 56.3 Å². The summed E-state index contributed by atoms with van der Waals surface area (Å²) in [6.07, 6.45) is 4.27. The highest BCUT2D eigenvalue weighted by molar-refractivity contribution is 6.35. The number of aromatic nitrogens is 6. The Kier molecular flexibility index (Phi) is 10.7. The minimum Gasteiger partial charge on any atom is -0.491 e. The fourth-order valence-corrected chi connectivity index (χ4v) is 7.41. The molecule has 52 heavy (non-hydrogen) atoms. The molecular weight excluding hydrogens is 707 g/mol. The topological polar surface area (TPSA) is 114 Å². The van der Waals surface area contributed by atoms with Crippen LogP contribution in [0.2, 0.25) is 10.0 Å². The van der Waals surface area contributed by atoms with Gasteiger partial charge in [0, 0.05) is 61.2 Å². The third-order valence-electron chi connectivity index (χ3n) is 9.41. The molecule has 0 aliphatic carbocycles. The van der Waals surface area contributed by atoms with Crippen LogP contribution < -0.4 is 25.9 Å². The van der Waals surface area contributed by atoms with Crippen molar-refractivity contribution in [3.8, 4) is 11.4 Å². The molecule has 0 spiro atoms. The maximum Gasteiger partial charge on any atom is 0.351 e. The van der Waals surface area contributed by atoms with Crippen LogP contribution in [0.5, 0.6) is 5.75 Å². The first-order valence-electron chi connectivity index (χ1n) is 17.6. The smallest absolute Gasteiger partial charge is 0.351 e. The van der Waals surface area contributed by atoms with Crippen LogP contribution >= 0.6 is 23.2 Å². The van der Waals surface area contributed by atoms with Gasteiger partial charge in [-0.15, -0.1) is 0 Å². The van der Waals surface area contributed by atoms with E-state index in [9.17, 15) is 9.59 Å². The third kappa shape index (κ3) is 7.36. The molecule has 2 aliphatic heterocycles. The van der Waals surface area contributed by atoms with Gasteiger partial charge in [0.25, 0.3) is 0 Å². The maximum absolute atomic E-state index is 13.1. The predicted octanol–water partition coefficient (Wildman–Crippen LogP) is 5.19. The van der Waals surface area contributed by atoms with E-state index in [0.717, 1.165) is 56.1 Å². The van der Waals surface area contributed by atoms with Crippen molar-refractivity contribution in [2.24, 2.45) is 0 Å². The first-order chi connectivity index (χ1) is 25.3. The zero-order valence-corrected chi connectivity index (χ0v) is 30.7. The van der Waals surface area contributed by atoms with E-state index in [-0.39, 0.29) is 30.6 Å². The van der Waals surface area contributed by atoms with Crippen molar-refractivity contribution in [1.29, 1.82) is 0 Å². The number of nitrogens with zero attached hydrogens (tertiary/aromatic N) is 8. The van der Waals surface area contributed by atoms with Crippen LogP contribution in [-0.4, -0.2) is 74.2 Å². The lowest BCUT2D eigenvalue weighted by atomic mass is 10.1. The Morgan fingerprint density at radius 3 is 1.98 bits per heavy atom. The molecule has 2 unspecified atom stereocenters. The zero-order valence-electron chi connectivity index (χ0n) is 29.2. The van der Waals surface area contributed by atoms with Gasteiger partial charge >= 0.3 is 11.4 Å². The molecule has 4 heterocycles. The highest BCUT2D eigenvalue weighted by Crippen LogP contribution is 2.40. The number of hydrogen-bond acceptors (Lipinski definition) is 9. The lowest BCUT2D eigenvalue weighted by Crippen LogP contribution is -2.46. The third-order valence-corrected chi connectivity index (χ3v) is 9.96. The molecule has 0 amide bonds. The van der Waals surface area contributed by atoms with E-state index < -0.39 is 5.79 Å². The first-order valence-corrected chi connectivity index (χ1v) is 18.4. The van der Waals surface area contributed by atoms with Crippen molar-refractivity contribution >= 4 is 34.6 Å². The second kappa shape index (κ2) is 15.6. The summed E-state index contributed by atoms with van der Waals surface area (Å²) in [7, 11) is 0. The van der Waals surface area contributed by atoms with E-state index in [0.29, 0.717) is 41.0 Å². The van der Waals surface area contributed by atoms with Gasteiger partial charge in [-0.3, -0.25) is 0 Å². The minimum absolute atomic E-state index is 0.259. The van der Waals surface area contributed by atoms with Crippen molar-refractivity contribution in [2.75, 3.05) is 49.2 Å². The van der Waals surface area contributed by atoms with Gasteiger partial charge in [0.2, 0.25) is 5.79 Å². The Morgan fingerprint density at radius 2 is 1.42 bits per heavy atom. The Labute approximate surface area is 311 Å². The van der Waals surface area contributed by atoms with Crippen LogP contribution in [0.4, 0.5) is 11.4 Å². The number of hydrogen-bond donors (Lipinski definition) is 0. The zero-order chi connectivity index (χ0) is 36.2. The van der Waals surface area contributed by atoms with Crippen LogP contribution in [0.25, 0.3) is 5.69 Å². The van der Waals surface area contributed by atoms with Crippen molar-refractivity contribution in [2.45, 2.75) is 58.2 Å². The summed E-state index contributed by atoms with van der Waals surface area (Å²) in [6.45, 7) is 9.24. The first kappa shape index (κ1) is 35.8. The summed E-state index contributed by atoms with van der Waals surface area (Å²) >= 11 is 12.7. The van der Waals surface area contributed by atoms with Gasteiger partial charge in [-0.25, -0.2) is 33.2 Å². The average Bonchev–Trinajstić information content (AvgIpc) is 3.88. The normalized spacial score (nSPS) is 19.0. The summed E-state index contributed by atoms with van der Waals surface area (Å²) in [6, 6.07) is 21.0. The Bertz CT molecular complexity index is 2040. The molecule has 2 aliphatic rings. The highest BCUT2D eigenvalue weighted by atomic mass is 35.5.